The maximum atomic E-state index is 6.08. The molecule has 2 rings (SSSR count). The smallest absolute Gasteiger partial charge is 0.255 e. The normalized spacial score (nSPS) is 11.0. The van der Waals surface area contributed by atoms with Crippen LogP contribution in [0.25, 0.3) is 5.78 Å². The van der Waals surface area contributed by atoms with Crippen molar-refractivity contribution in [2.45, 2.75) is 13.3 Å². The van der Waals surface area contributed by atoms with Gasteiger partial charge in [0.05, 0.1) is 6.61 Å². The monoisotopic (exact) mass is 255 g/mol. The van der Waals surface area contributed by atoms with Crippen molar-refractivity contribution in [3.63, 3.8) is 0 Å². The molecule has 0 aliphatic heterocycles. The number of nitrogens with one attached hydrogen (secondary N) is 1. The number of ether oxygens (including phenoxy) is 1. The van der Waals surface area contributed by atoms with Crippen molar-refractivity contribution in [1.82, 2.24) is 19.6 Å². The van der Waals surface area contributed by atoms with E-state index in [0.29, 0.717) is 30.0 Å². The molecule has 0 spiro atoms. The summed E-state index contributed by atoms with van der Waals surface area (Å²) in [4.78, 5) is 8.58. The molecule has 0 fully saturated rings. The number of aromatic nitrogens is 4. The highest BCUT2D eigenvalue weighted by Gasteiger charge is 2.08. The van der Waals surface area contributed by atoms with Gasteiger partial charge < -0.3 is 10.1 Å². The van der Waals surface area contributed by atoms with Crippen molar-refractivity contribution >= 4 is 23.3 Å². The van der Waals surface area contributed by atoms with Gasteiger partial charge in [-0.1, -0.05) is 18.5 Å². The summed E-state index contributed by atoms with van der Waals surface area (Å²) in [6.45, 7) is 3.26. The first-order valence-corrected chi connectivity index (χ1v) is 5.77. The van der Waals surface area contributed by atoms with Gasteiger partial charge in [-0.3, -0.25) is 0 Å². The molecule has 0 radical (unpaired) electrons. The first-order valence-electron chi connectivity index (χ1n) is 5.39. The van der Waals surface area contributed by atoms with Crippen molar-refractivity contribution in [3.8, 4) is 0 Å². The van der Waals surface area contributed by atoms with E-state index in [2.05, 4.69) is 20.4 Å². The molecule has 7 heteroatoms. The van der Waals surface area contributed by atoms with E-state index in [1.165, 1.54) is 4.52 Å². The Hall–Kier alpha value is -1.40. The van der Waals surface area contributed by atoms with E-state index in [0.717, 1.165) is 12.1 Å². The molecule has 0 aliphatic rings. The van der Waals surface area contributed by atoms with E-state index in [1.54, 1.807) is 13.2 Å². The zero-order chi connectivity index (χ0) is 12.3. The first-order chi connectivity index (χ1) is 8.24. The molecule has 0 aliphatic carbocycles. The molecule has 0 aromatic carbocycles. The topological polar surface area (TPSA) is 64.3 Å². The van der Waals surface area contributed by atoms with Crippen molar-refractivity contribution in [2.75, 3.05) is 25.6 Å². The van der Waals surface area contributed by atoms with Gasteiger partial charge in [-0.2, -0.15) is 9.50 Å². The van der Waals surface area contributed by atoms with E-state index < -0.39 is 0 Å². The Morgan fingerprint density at radius 3 is 3.00 bits per heavy atom. The van der Waals surface area contributed by atoms with Gasteiger partial charge in [-0.25, -0.2) is 4.98 Å². The fourth-order valence-electron chi connectivity index (χ4n) is 1.40. The molecule has 6 nitrogen and oxygen atoms in total. The molecule has 2 heterocycles. The summed E-state index contributed by atoms with van der Waals surface area (Å²) in [7, 11) is 1.64. The lowest BCUT2D eigenvalue weighted by molar-refractivity contribution is 0.210. The van der Waals surface area contributed by atoms with Gasteiger partial charge in [0, 0.05) is 19.3 Å². The Bertz CT molecular complexity index is 513. The van der Waals surface area contributed by atoms with E-state index >= 15 is 0 Å². The number of fused-ring (bicyclic) bond motifs is 1. The van der Waals surface area contributed by atoms with Gasteiger partial charge in [-0.15, -0.1) is 5.10 Å². The molecule has 0 saturated carbocycles. The molecular formula is C10H14ClN5O. The number of halogens is 1. The largest absolute Gasteiger partial charge is 0.383 e. The highest BCUT2D eigenvalue weighted by molar-refractivity contribution is 6.29. The molecule has 0 atom stereocenters. The predicted octanol–water partition coefficient (Wildman–Crippen LogP) is 1.40. The Morgan fingerprint density at radius 2 is 2.29 bits per heavy atom. The van der Waals surface area contributed by atoms with Crippen LogP contribution in [0.2, 0.25) is 5.15 Å². The number of aryl methyl sites for hydroxylation is 1. The van der Waals surface area contributed by atoms with Crippen LogP contribution >= 0.6 is 11.6 Å². The van der Waals surface area contributed by atoms with Crippen molar-refractivity contribution in [1.29, 1.82) is 0 Å². The number of nitrogens with zero attached hydrogens (tertiary/aromatic N) is 4. The fraction of sp³-hybridized carbons (Fsp3) is 0.500. The second-order valence-corrected chi connectivity index (χ2v) is 3.88. The zero-order valence-electron chi connectivity index (χ0n) is 9.77. The van der Waals surface area contributed by atoms with Crippen LogP contribution in [0.3, 0.4) is 0 Å². The molecular weight excluding hydrogens is 242 g/mol. The van der Waals surface area contributed by atoms with Crippen LogP contribution < -0.4 is 5.32 Å². The SMILES string of the molecule is CCc1cc(Cl)n2nc(NCCOC)nc2n1. The summed E-state index contributed by atoms with van der Waals surface area (Å²) in [6, 6.07) is 1.79. The minimum Gasteiger partial charge on any atom is -0.383 e. The molecule has 0 amide bonds. The fourth-order valence-corrected chi connectivity index (χ4v) is 1.64. The van der Waals surface area contributed by atoms with Crippen LogP contribution in [0.1, 0.15) is 12.6 Å². The quantitative estimate of drug-likeness (QED) is 0.646. The minimum absolute atomic E-state index is 0.504. The molecule has 17 heavy (non-hydrogen) atoms. The van der Waals surface area contributed by atoms with Crippen LogP contribution in [0.15, 0.2) is 6.07 Å². The number of methoxy groups -OCH3 is 1. The average molecular weight is 256 g/mol. The van der Waals surface area contributed by atoms with Crippen LogP contribution in [0, 0.1) is 0 Å². The summed E-state index contributed by atoms with van der Waals surface area (Å²) in [6.07, 6.45) is 0.815. The molecule has 92 valence electrons. The van der Waals surface area contributed by atoms with Crippen LogP contribution in [-0.2, 0) is 11.2 Å². The Kier molecular flexibility index (Phi) is 3.75. The number of hydrogen-bond donors (Lipinski definition) is 1. The Balaban J connectivity index is 2.26. The Labute approximate surface area is 104 Å². The second-order valence-electron chi connectivity index (χ2n) is 3.49. The summed E-state index contributed by atoms with van der Waals surface area (Å²) >= 11 is 6.08. The van der Waals surface area contributed by atoms with E-state index in [-0.39, 0.29) is 0 Å². The number of rotatable bonds is 5. The van der Waals surface area contributed by atoms with Gasteiger partial charge in [0.1, 0.15) is 5.15 Å². The molecule has 0 bridgehead atoms. The maximum Gasteiger partial charge on any atom is 0.255 e. The van der Waals surface area contributed by atoms with Crippen molar-refractivity contribution in [2.24, 2.45) is 0 Å². The molecule has 2 aromatic heterocycles. The maximum absolute atomic E-state index is 6.08. The van der Waals surface area contributed by atoms with Crippen LogP contribution in [0.4, 0.5) is 5.95 Å². The van der Waals surface area contributed by atoms with Crippen LogP contribution in [-0.4, -0.2) is 39.8 Å². The standard InChI is InChI=1S/C10H14ClN5O/c1-3-7-6-8(11)16-10(13-7)14-9(15-16)12-4-5-17-2/h6H,3-5H2,1-2H3,(H,12,15). The molecule has 0 saturated heterocycles. The highest BCUT2D eigenvalue weighted by Crippen LogP contribution is 2.13. The summed E-state index contributed by atoms with van der Waals surface area (Å²) in [5, 5.41) is 7.75. The van der Waals surface area contributed by atoms with Gasteiger partial charge in [-0.05, 0) is 12.5 Å². The third kappa shape index (κ3) is 2.65. The van der Waals surface area contributed by atoms with Gasteiger partial charge >= 0.3 is 0 Å². The number of hydrogen-bond acceptors (Lipinski definition) is 5. The van der Waals surface area contributed by atoms with Crippen molar-refractivity contribution in [3.05, 3.63) is 16.9 Å². The molecule has 2 aromatic rings. The summed E-state index contributed by atoms with van der Waals surface area (Å²) < 4.78 is 6.44. The molecule has 1 N–H and O–H groups in total. The average Bonchev–Trinajstić information content (AvgIpc) is 2.72. The lowest BCUT2D eigenvalue weighted by Gasteiger charge is -1.98. The molecule has 0 unspecified atom stereocenters. The van der Waals surface area contributed by atoms with Gasteiger partial charge in [0.25, 0.3) is 5.78 Å². The second kappa shape index (κ2) is 5.29. The Morgan fingerprint density at radius 1 is 1.47 bits per heavy atom. The number of anilines is 1. The van der Waals surface area contributed by atoms with E-state index in [1.807, 2.05) is 6.92 Å². The van der Waals surface area contributed by atoms with Gasteiger partial charge in [0.15, 0.2) is 0 Å². The summed E-state index contributed by atoms with van der Waals surface area (Å²) in [5.74, 6) is 1.01. The minimum atomic E-state index is 0.504. The third-order valence-electron chi connectivity index (χ3n) is 2.27. The van der Waals surface area contributed by atoms with Crippen molar-refractivity contribution < 1.29 is 4.74 Å². The lowest BCUT2D eigenvalue weighted by atomic mass is 10.3. The third-order valence-corrected chi connectivity index (χ3v) is 2.54. The van der Waals surface area contributed by atoms with Crippen LogP contribution in [0.5, 0.6) is 0 Å². The lowest BCUT2D eigenvalue weighted by Crippen LogP contribution is -2.08. The first kappa shape index (κ1) is 12.1. The van der Waals surface area contributed by atoms with E-state index in [9.17, 15) is 0 Å². The van der Waals surface area contributed by atoms with E-state index in [4.69, 9.17) is 16.3 Å². The predicted molar refractivity (Wildman–Crippen MR) is 65.5 cm³/mol. The van der Waals surface area contributed by atoms with Gasteiger partial charge in [0.2, 0.25) is 5.95 Å². The highest BCUT2D eigenvalue weighted by atomic mass is 35.5. The zero-order valence-corrected chi connectivity index (χ0v) is 10.5. The summed E-state index contributed by atoms with van der Waals surface area (Å²) in [5.41, 5.74) is 0.901.